The molecule has 5 aliphatic rings. The second kappa shape index (κ2) is 21.7. The van der Waals surface area contributed by atoms with Gasteiger partial charge in [-0.05, 0) is 104 Å². The van der Waals surface area contributed by atoms with Crippen LogP contribution in [0.4, 0.5) is 4.79 Å². The number of aliphatic hydroxyl groups excluding tert-OH is 2. The largest absolute Gasteiger partial charge is 0.459 e. The lowest BCUT2D eigenvalue weighted by Crippen LogP contribution is -2.70. The highest BCUT2D eigenvalue weighted by Crippen LogP contribution is 2.62. The molecular weight excluding hydrogens is 831 g/mol. The molecule has 65 heavy (non-hydrogen) atoms. The van der Waals surface area contributed by atoms with Crippen LogP contribution in [0.25, 0.3) is 0 Å². The summed E-state index contributed by atoms with van der Waals surface area (Å²) in [6.45, 7) is 7.69. The van der Waals surface area contributed by atoms with Gasteiger partial charge in [0, 0.05) is 56.2 Å². The number of ether oxygens (including phenoxy) is 6. The fourth-order valence-electron chi connectivity index (χ4n) is 10.4. The molecule has 14 heteroatoms. The zero-order valence-corrected chi connectivity index (χ0v) is 37.4. The van der Waals surface area contributed by atoms with Gasteiger partial charge in [0.05, 0.1) is 24.8 Å². The van der Waals surface area contributed by atoms with Gasteiger partial charge >= 0.3 is 6.09 Å². The van der Waals surface area contributed by atoms with Gasteiger partial charge in [0.1, 0.15) is 17.5 Å². The van der Waals surface area contributed by atoms with Crippen LogP contribution < -0.4 is 24.3 Å². The van der Waals surface area contributed by atoms with E-state index in [2.05, 4.69) is 18.0 Å². The molecule has 14 nitrogen and oxygen atoms in total. The summed E-state index contributed by atoms with van der Waals surface area (Å²) in [5.41, 5.74) is 3.80. The van der Waals surface area contributed by atoms with Gasteiger partial charge in [-0.15, -0.1) is 6.58 Å². The summed E-state index contributed by atoms with van der Waals surface area (Å²) in [6.07, 6.45) is 10.8. The maximum absolute atomic E-state index is 15.2. The molecule has 8 rings (SSSR count). The van der Waals surface area contributed by atoms with Crippen LogP contribution >= 0.6 is 0 Å². The number of carbonyl (C=O) groups excluding carboxylic acids is 2. The third-order valence-corrected chi connectivity index (χ3v) is 13.3. The van der Waals surface area contributed by atoms with E-state index in [1.165, 1.54) is 0 Å². The lowest BCUT2D eigenvalue weighted by Gasteiger charge is -2.60. The average molecular weight is 894 g/mol. The van der Waals surface area contributed by atoms with E-state index in [4.69, 9.17) is 38.4 Å². The zero-order valence-electron chi connectivity index (χ0n) is 37.4. The fourth-order valence-corrected chi connectivity index (χ4v) is 10.4. The number of oxime groups is 1. The van der Waals surface area contributed by atoms with Crippen molar-refractivity contribution in [2.45, 2.75) is 108 Å². The monoisotopic (exact) mass is 893 g/mol. The maximum Gasteiger partial charge on any atom is 0.412 e. The van der Waals surface area contributed by atoms with Gasteiger partial charge in [0.2, 0.25) is 18.9 Å². The van der Waals surface area contributed by atoms with E-state index in [-0.39, 0.29) is 56.7 Å². The van der Waals surface area contributed by atoms with E-state index in [0.717, 1.165) is 55.2 Å². The average Bonchev–Trinajstić information content (AvgIpc) is 3.81. The van der Waals surface area contributed by atoms with E-state index in [9.17, 15) is 15.0 Å². The zero-order chi connectivity index (χ0) is 45.2. The first-order chi connectivity index (χ1) is 31.9. The predicted molar refractivity (Wildman–Crippen MR) is 243 cm³/mol. The Bertz CT molecular complexity index is 2170. The number of nitrogens with one attached hydrogen (secondary N) is 1. The standard InChI is InChI=1S/C51H63N3O11/c1-3-23-54(49(57)36-19-21-43-44(29-36)61-33-60-43)45-31-41(53-65-46-18-10-13-27-59-46)39-28-35(16-8-11-24-55)38(17-9-12-25-56)47-40-30-37(63-50(58)52-32-34-14-6-5-7-15-34)20-22-42(40)64-51(45,48(39)47)62-26-4-2/h4-7,14-15,19-22,28-30,35,38,45-48,55-56H,2-3,8-13,16-18,23-27,31-33H2,1H3,(H,52,58)/t35-,38+,45-,46?,47+,48+,51+/m0/s1. The Balaban J connectivity index is 1.28. The van der Waals surface area contributed by atoms with Crippen molar-refractivity contribution in [1.29, 1.82) is 0 Å². The molecule has 3 heterocycles. The molecule has 0 aromatic heterocycles. The summed E-state index contributed by atoms with van der Waals surface area (Å²) in [4.78, 5) is 36.6. The molecule has 348 valence electrons. The van der Waals surface area contributed by atoms with Gasteiger partial charge in [0.15, 0.2) is 11.5 Å². The molecule has 2 fully saturated rings. The van der Waals surface area contributed by atoms with Crippen molar-refractivity contribution in [2.75, 3.05) is 39.8 Å². The van der Waals surface area contributed by atoms with Crippen molar-refractivity contribution in [2.24, 2.45) is 22.9 Å². The van der Waals surface area contributed by atoms with Crippen molar-refractivity contribution >= 4 is 17.7 Å². The highest BCUT2D eigenvalue weighted by atomic mass is 16.8. The second-order valence-corrected chi connectivity index (χ2v) is 17.5. The molecule has 2 amide bonds. The Morgan fingerprint density at radius 3 is 2.54 bits per heavy atom. The van der Waals surface area contributed by atoms with Crippen LogP contribution in [0.1, 0.15) is 105 Å². The van der Waals surface area contributed by atoms with Crippen LogP contribution in [0.15, 0.2) is 96.2 Å². The van der Waals surface area contributed by atoms with Crippen LogP contribution in [-0.4, -0.2) is 90.7 Å². The highest BCUT2D eigenvalue weighted by Gasteiger charge is 2.65. The van der Waals surface area contributed by atoms with Crippen molar-refractivity contribution in [1.82, 2.24) is 10.2 Å². The summed E-state index contributed by atoms with van der Waals surface area (Å²) in [6, 6.07) is 19.6. The Morgan fingerprint density at radius 1 is 0.969 bits per heavy atom. The third kappa shape index (κ3) is 10.2. The lowest BCUT2D eigenvalue weighted by molar-refractivity contribution is -0.254. The Labute approximate surface area is 381 Å². The topological polar surface area (TPSA) is 167 Å². The van der Waals surface area contributed by atoms with Crippen LogP contribution in [0, 0.1) is 17.8 Å². The Kier molecular flexibility index (Phi) is 15.4. The summed E-state index contributed by atoms with van der Waals surface area (Å²) >= 11 is 0. The fraction of sp³-hybridized carbons (Fsp3) is 0.510. The molecule has 1 saturated heterocycles. The minimum Gasteiger partial charge on any atom is -0.459 e. The first-order valence-corrected chi connectivity index (χ1v) is 23.4. The quantitative estimate of drug-likeness (QED) is 0.0566. The van der Waals surface area contributed by atoms with Gasteiger partial charge in [0.25, 0.3) is 5.91 Å². The van der Waals surface area contributed by atoms with Crippen LogP contribution in [-0.2, 0) is 20.9 Å². The van der Waals surface area contributed by atoms with Crippen molar-refractivity contribution in [3.8, 4) is 23.0 Å². The maximum atomic E-state index is 15.2. The van der Waals surface area contributed by atoms with Gasteiger partial charge in [-0.1, -0.05) is 67.4 Å². The number of carbonyl (C=O) groups is 2. The SMILES string of the molecule is C=CCO[C@@]12Oc3ccc(OC(=O)NCc4ccccc4)cc3[C@H]3[C@H](CCCCO)[C@@H](CCCCO)C=C(C(=NOC4CCCCO4)C[C@@H]1N(CCC)C(=O)c1ccc4c(c1)OCO4)[C@H]32. The number of hydrogen-bond acceptors (Lipinski definition) is 12. The number of aliphatic hydroxyl groups is 2. The minimum atomic E-state index is -1.46. The number of nitrogens with zero attached hydrogens (tertiary/aromatic N) is 2. The number of amides is 2. The van der Waals surface area contributed by atoms with Crippen molar-refractivity contribution in [3.05, 3.63) is 108 Å². The van der Waals surface area contributed by atoms with E-state index >= 15 is 4.79 Å². The second-order valence-electron chi connectivity index (χ2n) is 17.5. The first-order valence-electron chi connectivity index (χ1n) is 23.4. The summed E-state index contributed by atoms with van der Waals surface area (Å²) in [7, 11) is 0. The van der Waals surface area contributed by atoms with Gasteiger partial charge in [-0.3, -0.25) is 4.79 Å². The van der Waals surface area contributed by atoms with Gasteiger partial charge in [-0.25, -0.2) is 4.79 Å². The lowest BCUT2D eigenvalue weighted by atomic mass is 9.55. The number of unbranched alkanes of at least 4 members (excludes halogenated alkanes) is 2. The van der Waals surface area contributed by atoms with Gasteiger partial charge < -0.3 is 53.7 Å². The molecule has 3 aromatic carbocycles. The summed E-state index contributed by atoms with van der Waals surface area (Å²) in [5, 5.41) is 27.8. The van der Waals surface area contributed by atoms with Crippen LogP contribution in [0.2, 0.25) is 0 Å². The first kappa shape index (κ1) is 46.1. The molecule has 7 atom stereocenters. The molecule has 2 aliphatic carbocycles. The molecule has 3 aromatic rings. The summed E-state index contributed by atoms with van der Waals surface area (Å²) < 4.78 is 37.8. The molecule has 0 spiro atoms. The molecule has 0 bridgehead atoms. The summed E-state index contributed by atoms with van der Waals surface area (Å²) in [5.74, 6) is -0.542. The van der Waals surface area contributed by atoms with Crippen LogP contribution in [0.5, 0.6) is 23.0 Å². The Morgan fingerprint density at radius 2 is 1.77 bits per heavy atom. The number of allylic oxidation sites excluding steroid dienone is 1. The molecule has 1 unspecified atom stereocenters. The molecular formula is C51H63N3O11. The molecule has 1 saturated carbocycles. The predicted octanol–water partition coefficient (Wildman–Crippen LogP) is 8.42. The van der Waals surface area contributed by atoms with E-state index < -0.39 is 30.1 Å². The highest BCUT2D eigenvalue weighted by molar-refractivity contribution is 6.03. The minimum absolute atomic E-state index is 0.0164. The number of hydrogen-bond donors (Lipinski definition) is 3. The Hall–Kier alpha value is -5.41. The third-order valence-electron chi connectivity index (χ3n) is 13.3. The molecule has 3 N–H and O–H groups in total. The van der Waals surface area contributed by atoms with Gasteiger partial charge in [-0.2, -0.15) is 0 Å². The smallest absolute Gasteiger partial charge is 0.412 e. The number of benzene rings is 3. The number of rotatable bonds is 20. The number of fused-ring (bicyclic) bond motifs is 3. The van der Waals surface area contributed by atoms with E-state index in [1.54, 1.807) is 30.3 Å². The molecule has 3 aliphatic heterocycles. The van der Waals surface area contributed by atoms with Crippen molar-refractivity contribution < 1.29 is 53.1 Å². The van der Waals surface area contributed by atoms with E-state index in [1.807, 2.05) is 54.3 Å². The van der Waals surface area contributed by atoms with Crippen molar-refractivity contribution in [3.63, 3.8) is 0 Å². The van der Waals surface area contributed by atoms with E-state index in [0.29, 0.717) is 79.7 Å². The van der Waals surface area contributed by atoms with Crippen LogP contribution in [0.3, 0.4) is 0 Å². The normalized spacial score (nSPS) is 25.6. The molecule has 0 radical (unpaired) electrons.